The van der Waals surface area contributed by atoms with Crippen LogP contribution in [0.25, 0.3) is 0 Å². The van der Waals surface area contributed by atoms with Gasteiger partial charge in [0.05, 0.1) is 26.9 Å². The summed E-state index contributed by atoms with van der Waals surface area (Å²) >= 11 is 16.4. The van der Waals surface area contributed by atoms with Crippen molar-refractivity contribution >= 4 is 52.0 Å². The standard InChI is InChI=1S/C14H8Cl2F6N4S/c15-8-2-1-6(13(17,18)19)4-10(8)24-12(27)26-25-11-9(16)3-7(5-23-11)14(20,21)22/h1-5H,(H,23,25)(H2,24,26,27). The number of benzene rings is 1. The highest BCUT2D eigenvalue weighted by Crippen LogP contribution is 2.34. The van der Waals surface area contributed by atoms with Crippen molar-refractivity contribution in [1.29, 1.82) is 0 Å². The summed E-state index contributed by atoms with van der Waals surface area (Å²) in [5, 5.41) is 1.82. The van der Waals surface area contributed by atoms with Gasteiger partial charge in [0.15, 0.2) is 10.9 Å². The van der Waals surface area contributed by atoms with Gasteiger partial charge >= 0.3 is 12.4 Å². The van der Waals surface area contributed by atoms with E-state index in [1.807, 2.05) is 0 Å². The average molecular weight is 449 g/mol. The van der Waals surface area contributed by atoms with Gasteiger partial charge in [0, 0.05) is 6.20 Å². The van der Waals surface area contributed by atoms with Gasteiger partial charge in [0.1, 0.15) is 0 Å². The third-order valence-corrected chi connectivity index (χ3v) is 3.83. The van der Waals surface area contributed by atoms with E-state index in [4.69, 9.17) is 35.4 Å². The van der Waals surface area contributed by atoms with E-state index in [1.165, 1.54) is 0 Å². The quantitative estimate of drug-likeness (QED) is 0.317. The number of thiocarbonyl (C=S) groups is 1. The Kier molecular flexibility index (Phi) is 6.28. The van der Waals surface area contributed by atoms with Crippen LogP contribution in [0.15, 0.2) is 30.5 Å². The molecule has 2 rings (SSSR count). The van der Waals surface area contributed by atoms with Crippen molar-refractivity contribution in [2.45, 2.75) is 12.4 Å². The lowest BCUT2D eigenvalue weighted by atomic mass is 10.2. The van der Waals surface area contributed by atoms with E-state index in [2.05, 4.69) is 21.2 Å². The molecule has 0 saturated heterocycles. The first-order chi connectivity index (χ1) is 12.4. The predicted molar refractivity (Wildman–Crippen MR) is 93.7 cm³/mol. The monoisotopic (exact) mass is 448 g/mol. The van der Waals surface area contributed by atoms with Crippen molar-refractivity contribution in [3.05, 3.63) is 51.6 Å². The van der Waals surface area contributed by atoms with Gasteiger partial charge in [-0.05, 0) is 36.5 Å². The first kappa shape index (κ1) is 21.3. The Hall–Kier alpha value is -1.98. The molecule has 2 aromatic rings. The maximum atomic E-state index is 12.7. The van der Waals surface area contributed by atoms with Gasteiger partial charge in [-0.15, -0.1) is 0 Å². The van der Waals surface area contributed by atoms with Gasteiger partial charge in [0.25, 0.3) is 0 Å². The number of nitrogens with zero attached hydrogens (tertiary/aromatic N) is 1. The molecule has 0 saturated carbocycles. The molecule has 13 heteroatoms. The lowest BCUT2D eigenvalue weighted by molar-refractivity contribution is -0.138. The van der Waals surface area contributed by atoms with E-state index in [1.54, 1.807) is 0 Å². The SMILES string of the molecule is FC(F)(F)c1cnc(NNC(=S)Nc2cc(C(F)(F)F)ccc2Cl)c(Cl)c1. The summed E-state index contributed by atoms with van der Waals surface area (Å²) in [4.78, 5) is 3.50. The molecule has 0 radical (unpaired) electrons. The molecule has 0 aliphatic rings. The van der Waals surface area contributed by atoms with Gasteiger partial charge in [-0.1, -0.05) is 23.2 Å². The molecule has 0 aliphatic carbocycles. The molecule has 0 fully saturated rings. The third kappa shape index (κ3) is 5.75. The van der Waals surface area contributed by atoms with Crippen molar-refractivity contribution in [2.24, 2.45) is 0 Å². The molecule has 1 aromatic carbocycles. The highest BCUT2D eigenvalue weighted by Gasteiger charge is 2.32. The highest BCUT2D eigenvalue weighted by atomic mass is 35.5. The largest absolute Gasteiger partial charge is 0.417 e. The molecule has 146 valence electrons. The predicted octanol–water partition coefficient (Wildman–Crippen LogP) is 5.74. The van der Waals surface area contributed by atoms with Crippen LogP contribution in [-0.2, 0) is 12.4 Å². The van der Waals surface area contributed by atoms with E-state index in [9.17, 15) is 26.3 Å². The Morgan fingerprint density at radius 2 is 1.56 bits per heavy atom. The second kappa shape index (κ2) is 7.95. The summed E-state index contributed by atoms with van der Waals surface area (Å²) in [5.74, 6) is -0.177. The highest BCUT2D eigenvalue weighted by molar-refractivity contribution is 7.80. The van der Waals surface area contributed by atoms with E-state index < -0.39 is 23.5 Å². The van der Waals surface area contributed by atoms with Crippen LogP contribution in [0.4, 0.5) is 37.8 Å². The van der Waals surface area contributed by atoms with Gasteiger partial charge in [0.2, 0.25) is 0 Å². The Morgan fingerprint density at radius 1 is 0.926 bits per heavy atom. The van der Waals surface area contributed by atoms with Crippen molar-refractivity contribution < 1.29 is 26.3 Å². The van der Waals surface area contributed by atoms with Crippen LogP contribution in [0.2, 0.25) is 10.0 Å². The molecule has 27 heavy (non-hydrogen) atoms. The lowest BCUT2D eigenvalue weighted by Crippen LogP contribution is -2.34. The fraction of sp³-hybridized carbons (Fsp3) is 0.143. The molecule has 0 bridgehead atoms. The average Bonchev–Trinajstić information content (AvgIpc) is 2.53. The van der Waals surface area contributed by atoms with Crippen LogP contribution >= 0.6 is 35.4 Å². The minimum atomic E-state index is -4.61. The number of hydrogen-bond donors (Lipinski definition) is 3. The number of aromatic nitrogens is 1. The zero-order valence-corrected chi connectivity index (χ0v) is 15.1. The van der Waals surface area contributed by atoms with Crippen molar-refractivity contribution in [1.82, 2.24) is 10.4 Å². The lowest BCUT2D eigenvalue weighted by Gasteiger charge is -2.15. The maximum Gasteiger partial charge on any atom is 0.417 e. The zero-order chi connectivity index (χ0) is 20.4. The Morgan fingerprint density at radius 3 is 2.11 bits per heavy atom. The second-order valence-corrected chi connectivity index (χ2v) is 6.17. The molecule has 1 aromatic heterocycles. The van der Waals surface area contributed by atoms with Crippen molar-refractivity contribution in [3.8, 4) is 0 Å². The van der Waals surface area contributed by atoms with Gasteiger partial charge in [-0.2, -0.15) is 26.3 Å². The van der Waals surface area contributed by atoms with Gasteiger partial charge in [-0.3, -0.25) is 10.9 Å². The van der Waals surface area contributed by atoms with Crippen LogP contribution in [0.1, 0.15) is 11.1 Å². The summed E-state index contributed by atoms with van der Waals surface area (Å²) in [7, 11) is 0. The van der Waals surface area contributed by atoms with Crippen LogP contribution < -0.4 is 16.2 Å². The van der Waals surface area contributed by atoms with Crippen LogP contribution in [0.3, 0.4) is 0 Å². The summed E-state index contributed by atoms with van der Waals surface area (Å²) in [5.41, 5.74) is 2.56. The molecule has 3 N–H and O–H groups in total. The number of hydrazine groups is 1. The Labute approximate surface area is 163 Å². The molecule has 0 aliphatic heterocycles. The normalized spacial score (nSPS) is 11.9. The molecule has 0 unspecified atom stereocenters. The topological polar surface area (TPSA) is 49.0 Å². The molecular formula is C14H8Cl2F6N4S. The maximum absolute atomic E-state index is 12.7. The first-order valence-corrected chi connectivity index (χ1v) is 7.97. The number of alkyl halides is 6. The third-order valence-electron chi connectivity index (χ3n) is 3.00. The fourth-order valence-corrected chi connectivity index (χ4v) is 2.29. The van der Waals surface area contributed by atoms with Gasteiger partial charge < -0.3 is 5.32 Å². The Balaban J connectivity index is 2.05. The van der Waals surface area contributed by atoms with Gasteiger partial charge in [-0.25, -0.2) is 4.98 Å². The Bertz CT molecular complexity index is 856. The van der Waals surface area contributed by atoms with Crippen molar-refractivity contribution in [2.75, 3.05) is 10.7 Å². The van der Waals surface area contributed by atoms with E-state index in [0.717, 1.165) is 18.2 Å². The zero-order valence-electron chi connectivity index (χ0n) is 12.8. The van der Waals surface area contributed by atoms with Crippen LogP contribution in [0, 0.1) is 0 Å². The number of nitrogens with one attached hydrogen (secondary N) is 3. The van der Waals surface area contributed by atoms with E-state index in [-0.39, 0.29) is 26.7 Å². The molecular weight excluding hydrogens is 441 g/mol. The number of pyridine rings is 1. The number of rotatable bonds is 3. The fourth-order valence-electron chi connectivity index (χ4n) is 1.75. The number of anilines is 2. The molecule has 4 nitrogen and oxygen atoms in total. The number of halogens is 8. The summed E-state index contributed by atoms with van der Waals surface area (Å²) in [6.45, 7) is 0. The van der Waals surface area contributed by atoms with Crippen LogP contribution in [-0.4, -0.2) is 10.1 Å². The second-order valence-electron chi connectivity index (χ2n) is 4.95. The molecule has 1 heterocycles. The summed E-state index contributed by atoms with van der Waals surface area (Å²) in [6, 6.07) is 3.24. The summed E-state index contributed by atoms with van der Waals surface area (Å²) in [6.07, 6.45) is -8.64. The smallest absolute Gasteiger partial charge is 0.330 e. The molecule has 0 atom stereocenters. The first-order valence-electron chi connectivity index (χ1n) is 6.80. The van der Waals surface area contributed by atoms with Crippen LogP contribution in [0.5, 0.6) is 0 Å². The minimum Gasteiger partial charge on any atom is -0.330 e. The van der Waals surface area contributed by atoms with E-state index >= 15 is 0 Å². The number of hydrogen-bond acceptors (Lipinski definition) is 3. The molecule has 0 amide bonds. The minimum absolute atomic E-state index is 0.0298. The molecule has 0 spiro atoms. The van der Waals surface area contributed by atoms with E-state index in [0.29, 0.717) is 12.3 Å². The summed E-state index contributed by atoms with van der Waals surface area (Å²) < 4.78 is 75.9. The van der Waals surface area contributed by atoms with Crippen molar-refractivity contribution in [3.63, 3.8) is 0 Å².